The third kappa shape index (κ3) is 4.35. The minimum absolute atomic E-state index is 0.0354. The topological polar surface area (TPSA) is 81.8 Å². The Kier molecular flexibility index (Phi) is 6.20. The highest BCUT2D eigenvalue weighted by Crippen LogP contribution is 2.27. The lowest BCUT2D eigenvalue weighted by Crippen LogP contribution is -2.39. The number of halogens is 1. The first-order valence-electron chi connectivity index (χ1n) is 11.5. The summed E-state index contributed by atoms with van der Waals surface area (Å²) in [6, 6.07) is 13.4. The van der Waals surface area contributed by atoms with Crippen LogP contribution in [0.15, 0.2) is 65.8 Å². The van der Waals surface area contributed by atoms with Gasteiger partial charge >= 0.3 is 5.69 Å². The molecule has 5 rings (SSSR count). The number of para-hydroxylation sites is 2. The maximum Gasteiger partial charge on any atom is 0.333 e. The van der Waals surface area contributed by atoms with E-state index in [1.54, 1.807) is 29.2 Å². The number of hydrogen-bond acceptors (Lipinski definition) is 4. The molecule has 1 saturated carbocycles. The fourth-order valence-electron chi connectivity index (χ4n) is 4.88. The summed E-state index contributed by atoms with van der Waals surface area (Å²) in [5.74, 6) is 0.240. The summed E-state index contributed by atoms with van der Waals surface area (Å²) >= 11 is 6.02. The first-order chi connectivity index (χ1) is 16.5. The molecule has 174 valence electrons. The number of nitrogens with one attached hydrogen (secondary N) is 1. The van der Waals surface area contributed by atoms with E-state index < -0.39 is 0 Å². The molecule has 1 aromatic carbocycles. The Bertz CT molecular complexity index is 1390. The summed E-state index contributed by atoms with van der Waals surface area (Å²) in [7, 11) is 0. The van der Waals surface area contributed by atoms with E-state index in [1.807, 2.05) is 47.9 Å². The Morgan fingerprint density at radius 2 is 1.79 bits per heavy atom. The third-order valence-electron chi connectivity index (χ3n) is 6.68. The first-order valence-corrected chi connectivity index (χ1v) is 11.9. The van der Waals surface area contributed by atoms with Crippen molar-refractivity contribution in [2.75, 3.05) is 0 Å². The van der Waals surface area contributed by atoms with Crippen LogP contribution >= 0.6 is 11.6 Å². The normalized spacial score (nSPS) is 18.2. The number of fused-ring (bicyclic) bond motifs is 1. The van der Waals surface area contributed by atoms with Crippen molar-refractivity contribution in [3.05, 3.63) is 87.8 Å². The van der Waals surface area contributed by atoms with Crippen molar-refractivity contribution >= 4 is 28.5 Å². The number of hydrogen-bond donors (Lipinski definition) is 1. The molecular formula is C26H26ClN5O2. The van der Waals surface area contributed by atoms with E-state index in [0.29, 0.717) is 28.7 Å². The highest BCUT2D eigenvalue weighted by atomic mass is 35.5. The largest absolute Gasteiger partial charge is 0.349 e. The van der Waals surface area contributed by atoms with Crippen LogP contribution in [-0.2, 0) is 6.54 Å². The molecule has 0 unspecified atom stereocenters. The molecule has 0 bridgehead atoms. The molecule has 1 fully saturated rings. The van der Waals surface area contributed by atoms with E-state index in [9.17, 15) is 9.59 Å². The van der Waals surface area contributed by atoms with Crippen molar-refractivity contribution in [3.8, 4) is 5.69 Å². The van der Waals surface area contributed by atoms with Gasteiger partial charge in [0.1, 0.15) is 0 Å². The van der Waals surface area contributed by atoms with Crippen LogP contribution in [0.25, 0.3) is 16.7 Å². The number of carbonyl (C=O) groups excluding carboxylic acids is 1. The first kappa shape index (κ1) is 22.3. The van der Waals surface area contributed by atoms with Crippen LogP contribution in [0.3, 0.4) is 0 Å². The van der Waals surface area contributed by atoms with Crippen LogP contribution < -0.4 is 11.0 Å². The fourth-order valence-corrected chi connectivity index (χ4v) is 5.03. The number of benzene rings is 1. The monoisotopic (exact) mass is 475 g/mol. The molecule has 8 heteroatoms. The second-order valence-corrected chi connectivity index (χ2v) is 9.34. The molecule has 0 radical (unpaired) electrons. The number of imidazole rings is 1. The molecule has 34 heavy (non-hydrogen) atoms. The van der Waals surface area contributed by atoms with Crippen molar-refractivity contribution in [2.45, 2.75) is 45.2 Å². The number of amides is 1. The fraction of sp³-hybridized carbons (Fsp3) is 0.308. The predicted molar refractivity (Wildman–Crippen MR) is 133 cm³/mol. The molecule has 0 atom stereocenters. The second kappa shape index (κ2) is 9.43. The molecule has 1 N–H and O–H groups in total. The number of rotatable bonds is 5. The number of carbonyl (C=O) groups is 1. The summed E-state index contributed by atoms with van der Waals surface area (Å²) in [5.41, 5.74) is 3.79. The van der Waals surface area contributed by atoms with Crippen molar-refractivity contribution < 1.29 is 4.79 Å². The van der Waals surface area contributed by atoms with Crippen LogP contribution in [0.1, 0.15) is 41.7 Å². The standard InChI is InChI=1S/C26H26ClN5O2/c1-17-22(14-19(27)15-29-17)25(33)30-20-8-6-18(7-9-20)16-31-23-4-2-3-5-24(23)32(26(31)34)21-10-12-28-13-11-21/h2-5,10-15,18,20H,6-9,16H2,1H3,(H,30,33)/t18-,20-. The lowest BCUT2D eigenvalue weighted by molar-refractivity contribution is 0.0919. The third-order valence-corrected chi connectivity index (χ3v) is 6.88. The molecule has 0 aliphatic heterocycles. The molecular weight excluding hydrogens is 450 g/mol. The van der Waals surface area contributed by atoms with Gasteiger partial charge in [-0.1, -0.05) is 23.7 Å². The van der Waals surface area contributed by atoms with Crippen LogP contribution in [0.5, 0.6) is 0 Å². The van der Waals surface area contributed by atoms with Crippen molar-refractivity contribution in [3.63, 3.8) is 0 Å². The quantitative estimate of drug-likeness (QED) is 0.459. The van der Waals surface area contributed by atoms with E-state index in [4.69, 9.17) is 11.6 Å². The minimum atomic E-state index is -0.132. The average Bonchev–Trinajstić information content (AvgIpc) is 3.13. The number of pyridine rings is 2. The summed E-state index contributed by atoms with van der Waals surface area (Å²) in [6.45, 7) is 2.47. The molecule has 0 spiro atoms. The van der Waals surface area contributed by atoms with Gasteiger partial charge in [0.05, 0.1) is 33.0 Å². The molecule has 7 nitrogen and oxygen atoms in total. The average molecular weight is 476 g/mol. The Balaban J connectivity index is 1.30. The van der Waals surface area contributed by atoms with Crippen molar-refractivity contribution in [2.24, 2.45) is 5.92 Å². The summed E-state index contributed by atoms with van der Waals surface area (Å²) < 4.78 is 3.64. The molecule has 4 aromatic rings. The van der Waals surface area contributed by atoms with Gasteiger partial charge in [-0.3, -0.25) is 23.9 Å². The molecule has 1 aliphatic carbocycles. The van der Waals surface area contributed by atoms with Gasteiger partial charge < -0.3 is 5.32 Å². The Morgan fingerprint density at radius 1 is 1.09 bits per heavy atom. The van der Waals surface area contributed by atoms with Gasteiger partial charge in [0.15, 0.2) is 0 Å². The summed E-state index contributed by atoms with van der Waals surface area (Å²) in [6.07, 6.45) is 8.58. The van der Waals surface area contributed by atoms with Gasteiger partial charge in [0.25, 0.3) is 5.91 Å². The van der Waals surface area contributed by atoms with Crippen molar-refractivity contribution in [1.29, 1.82) is 0 Å². The van der Waals surface area contributed by atoms with Gasteiger partial charge in [0, 0.05) is 31.2 Å². The van der Waals surface area contributed by atoms with E-state index in [0.717, 1.165) is 42.4 Å². The molecule has 0 saturated heterocycles. The Labute approximate surface area is 202 Å². The van der Waals surface area contributed by atoms with Crippen LogP contribution in [0, 0.1) is 12.8 Å². The maximum atomic E-state index is 13.4. The minimum Gasteiger partial charge on any atom is -0.349 e. The highest BCUT2D eigenvalue weighted by molar-refractivity contribution is 6.30. The molecule has 3 aromatic heterocycles. The van der Waals surface area contributed by atoms with E-state index >= 15 is 0 Å². The SMILES string of the molecule is Cc1ncc(Cl)cc1C(=O)N[C@H]1CC[C@H](Cn2c(=O)n(-c3ccncc3)c3ccccc32)CC1. The van der Waals surface area contributed by atoms with Gasteiger partial charge in [-0.05, 0) is 68.9 Å². The zero-order chi connectivity index (χ0) is 23.7. The number of nitrogens with zero attached hydrogens (tertiary/aromatic N) is 4. The van der Waals surface area contributed by atoms with Gasteiger partial charge in [0.2, 0.25) is 0 Å². The van der Waals surface area contributed by atoms with Gasteiger partial charge in [-0.25, -0.2) is 4.79 Å². The molecule has 1 amide bonds. The van der Waals surface area contributed by atoms with E-state index in [2.05, 4.69) is 15.3 Å². The lowest BCUT2D eigenvalue weighted by atomic mass is 9.85. The number of aryl methyl sites for hydroxylation is 1. The summed E-state index contributed by atoms with van der Waals surface area (Å²) in [4.78, 5) is 34.4. The van der Waals surface area contributed by atoms with Crippen molar-refractivity contribution in [1.82, 2.24) is 24.4 Å². The van der Waals surface area contributed by atoms with Crippen LogP contribution in [-0.4, -0.2) is 31.1 Å². The Hall–Kier alpha value is -3.45. The highest BCUT2D eigenvalue weighted by Gasteiger charge is 2.25. The lowest BCUT2D eigenvalue weighted by Gasteiger charge is -2.29. The van der Waals surface area contributed by atoms with E-state index in [-0.39, 0.29) is 17.6 Å². The predicted octanol–water partition coefficient (Wildman–Crippen LogP) is 4.53. The molecule has 1 aliphatic rings. The smallest absolute Gasteiger partial charge is 0.333 e. The van der Waals surface area contributed by atoms with Crippen LogP contribution in [0.4, 0.5) is 0 Å². The second-order valence-electron chi connectivity index (χ2n) is 8.90. The zero-order valence-electron chi connectivity index (χ0n) is 18.9. The Morgan fingerprint density at radius 3 is 2.53 bits per heavy atom. The summed E-state index contributed by atoms with van der Waals surface area (Å²) in [5, 5.41) is 3.59. The van der Waals surface area contributed by atoms with Gasteiger partial charge in [-0.2, -0.15) is 0 Å². The maximum absolute atomic E-state index is 13.4. The van der Waals surface area contributed by atoms with E-state index in [1.165, 1.54) is 0 Å². The molecule has 3 heterocycles. The zero-order valence-corrected chi connectivity index (χ0v) is 19.7. The van der Waals surface area contributed by atoms with Gasteiger partial charge in [-0.15, -0.1) is 0 Å². The number of aromatic nitrogens is 4. The van der Waals surface area contributed by atoms with Crippen LogP contribution in [0.2, 0.25) is 5.02 Å².